The molecule has 36 heavy (non-hydrogen) atoms. The molecule has 4 heterocycles. The second-order valence-corrected chi connectivity index (χ2v) is 9.87. The van der Waals surface area contributed by atoms with E-state index in [2.05, 4.69) is 15.1 Å². The van der Waals surface area contributed by atoms with Crippen LogP contribution in [0.3, 0.4) is 0 Å². The van der Waals surface area contributed by atoms with E-state index in [1.165, 1.54) is 23.8 Å². The summed E-state index contributed by atoms with van der Waals surface area (Å²) in [6.07, 6.45) is 2.22. The molecule has 1 N–H and O–H groups in total. The number of ether oxygens (including phenoxy) is 1. The number of hydrogen-bond acceptors (Lipinski definition) is 6. The average molecular weight is 494 g/mol. The minimum absolute atomic E-state index is 0.0437. The smallest absolute Gasteiger partial charge is 0.262 e. The predicted molar refractivity (Wildman–Crippen MR) is 138 cm³/mol. The Kier molecular flexibility index (Phi) is 6.66. The molecule has 9 heteroatoms. The van der Waals surface area contributed by atoms with Crippen molar-refractivity contribution in [3.63, 3.8) is 0 Å². The highest BCUT2D eigenvalue weighted by Gasteiger charge is 2.29. The normalized spacial score (nSPS) is 19.5. The van der Waals surface area contributed by atoms with Crippen molar-refractivity contribution in [3.05, 3.63) is 52.6 Å². The van der Waals surface area contributed by atoms with Gasteiger partial charge in [-0.1, -0.05) is 0 Å². The summed E-state index contributed by atoms with van der Waals surface area (Å²) in [4.78, 5) is 36.2. The van der Waals surface area contributed by atoms with Gasteiger partial charge in [0.2, 0.25) is 5.91 Å². The summed E-state index contributed by atoms with van der Waals surface area (Å²) in [5.74, 6) is -0.472. The molecule has 1 amide bonds. The van der Waals surface area contributed by atoms with E-state index in [0.717, 1.165) is 44.7 Å². The lowest BCUT2D eigenvalue weighted by Crippen LogP contribution is -2.38. The van der Waals surface area contributed by atoms with Gasteiger partial charge in [0.1, 0.15) is 12.4 Å². The summed E-state index contributed by atoms with van der Waals surface area (Å²) in [5.41, 5.74) is 1.73. The number of methoxy groups -OCH3 is 1. The molecule has 3 aliphatic heterocycles. The zero-order valence-electron chi connectivity index (χ0n) is 21.0. The van der Waals surface area contributed by atoms with E-state index in [4.69, 9.17) is 9.72 Å². The van der Waals surface area contributed by atoms with E-state index in [1.807, 2.05) is 32.0 Å². The lowest BCUT2D eigenvalue weighted by atomic mass is 10.0. The van der Waals surface area contributed by atoms with E-state index in [1.54, 1.807) is 6.07 Å². The monoisotopic (exact) mass is 493 g/mol. The molecule has 3 aliphatic rings. The fourth-order valence-electron chi connectivity index (χ4n) is 5.29. The van der Waals surface area contributed by atoms with E-state index < -0.39 is 5.82 Å². The van der Waals surface area contributed by atoms with Crippen molar-refractivity contribution in [2.24, 2.45) is 0 Å². The molecule has 0 radical (unpaired) electrons. The highest BCUT2D eigenvalue weighted by atomic mass is 19.1. The summed E-state index contributed by atoms with van der Waals surface area (Å²) >= 11 is 0. The highest BCUT2D eigenvalue weighted by Crippen LogP contribution is 2.30. The van der Waals surface area contributed by atoms with Crippen molar-refractivity contribution in [1.29, 1.82) is 0 Å². The molecule has 0 unspecified atom stereocenters. The topological polar surface area (TPSA) is 79.7 Å². The molecule has 3 fully saturated rings. The van der Waals surface area contributed by atoms with Gasteiger partial charge >= 0.3 is 0 Å². The lowest BCUT2D eigenvalue weighted by molar-refractivity contribution is -0.122. The number of piperidine rings is 1. The summed E-state index contributed by atoms with van der Waals surface area (Å²) in [6.45, 7) is 7.68. The zero-order chi connectivity index (χ0) is 25.4. The van der Waals surface area contributed by atoms with Gasteiger partial charge in [-0.25, -0.2) is 9.37 Å². The van der Waals surface area contributed by atoms with Crippen LogP contribution in [0.15, 0.2) is 41.2 Å². The third-order valence-corrected chi connectivity index (χ3v) is 7.09. The predicted octanol–water partition coefficient (Wildman–Crippen LogP) is 3.02. The molecule has 0 spiro atoms. The van der Waals surface area contributed by atoms with Crippen molar-refractivity contribution >= 4 is 22.5 Å². The van der Waals surface area contributed by atoms with Gasteiger partial charge in [0.05, 0.1) is 18.0 Å². The van der Waals surface area contributed by atoms with Gasteiger partial charge in [-0.3, -0.25) is 14.2 Å². The Labute approximate surface area is 209 Å². The molecule has 2 aromatic carbocycles. The molecule has 0 aliphatic carbocycles. The number of hydrogen-bond donors (Lipinski definition) is 1. The molecule has 3 saturated heterocycles. The largest absolute Gasteiger partial charge is 0.494 e. The SMILES string of the molecule is COc1cc(-c2nc3ccc(N4CCN5CCC4CC5)cc3c(=O)n2CC(=O)NC(C)C)ccc1F. The van der Waals surface area contributed by atoms with Crippen LogP contribution in [0.1, 0.15) is 26.7 Å². The number of fused-ring (bicyclic) bond motifs is 5. The number of nitrogens with zero attached hydrogens (tertiary/aromatic N) is 4. The van der Waals surface area contributed by atoms with E-state index >= 15 is 0 Å². The maximum Gasteiger partial charge on any atom is 0.262 e. The van der Waals surface area contributed by atoms with E-state index in [9.17, 15) is 14.0 Å². The van der Waals surface area contributed by atoms with E-state index in [0.29, 0.717) is 28.3 Å². The first-order valence-corrected chi connectivity index (χ1v) is 12.5. The van der Waals surface area contributed by atoms with Gasteiger partial charge < -0.3 is 19.9 Å². The van der Waals surface area contributed by atoms with Crippen LogP contribution in [-0.4, -0.2) is 65.7 Å². The third-order valence-electron chi connectivity index (χ3n) is 7.09. The molecule has 2 bridgehead atoms. The number of nitrogens with one attached hydrogen (secondary N) is 1. The highest BCUT2D eigenvalue weighted by molar-refractivity contribution is 5.85. The van der Waals surface area contributed by atoms with Gasteiger partial charge in [-0.05, 0) is 63.1 Å². The Morgan fingerprint density at radius 1 is 1.14 bits per heavy atom. The van der Waals surface area contributed by atoms with Crippen molar-refractivity contribution in [2.45, 2.75) is 45.3 Å². The minimum atomic E-state index is -0.513. The second-order valence-electron chi connectivity index (χ2n) is 9.87. The Morgan fingerprint density at radius 3 is 2.64 bits per heavy atom. The number of carbonyl (C=O) groups excluding carboxylic acids is 1. The van der Waals surface area contributed by atoms with Gasteiger partial charge in [-0.2, -0.15) is 0 Å². The number of amides is 1. The summed E-state index contributed by atoms with van der Waals surface area (Å²) < 4.78 is 20.6. The summed E-state index contributed by atoms with van der Waals surface area (Å²) in [6, 6.07) is 10.5. The van der Waals surface area contributed by atoms with Crippen LogP contribution in [0.4, 0.5) is 10.1 Å². The van der Waals surface area contributed by atoms with Gasteiger partial charge in [0.25, 0.3) is 5.56 Å². The molecular formula is C27H32FN5O3. The molecule has 0 atom stereocenters. The first-order chi connectivity index (χ1) is 17.3. The zero-order valence-corrected chi connectivity index (χ0v) is 21.0. The maximum atomic E-state index is 14.1. The fraction of sp³-hybridized carbons (Fsp3) is 0.444. The molecule has 6 rings (SSSR count). The Bertz CT molecular complexity index is 1350. The summed E-state index contributed by atoms with van der Waals surface area (Å²) in [5, 5.41) is 3.30. The molecule has 190 valence electrons. The Morgan fingerprint density at radius 2 is 1.92 bits per heavy atom. The third kappa shape index (κ3) is 4.67. The molecule has 1 aromatic heterocycles. The van der Waals surface area contributed by atoms with E-state index in [-0.39, 0.29) is 29.8 Å². The maximum absolute atomic E-state index is 14.1. The van der Waals surface area contributed by atoms with Crippen LogP contribution in [0.25, 0.3) is 22.3 Å². The standard InChI is InChI=1S/C27H32FN5O3/c1-17(2)29-25(34)16-33-26(18-4-6-22(28)24(14-18)36-3)30-23-7-5-20(15-21(23)27(33)35)32-13-12-31-10-8-19(32)9-11-31/h4-7,14-15,17,19H,8-13,16H2,1-3H3,(H,29,34). The van der Waals surface area contributed by atoms with Crippen LogP contribution in [0, 0.1) is 5.82 Å². The lowest BCUT2D eigenvalue weighted by Gasteiger charge is -2.33. The first-order valence-electron chi connectivity index (χ1n) is 12.5. The van der Waals surface area contributed by atoms with Crippen LogP contribution in [-0.2, 0) is 11.3 Å². The van der Waals surface area contributed by atoms with Crippen LogP contribution >= 0.6 is 0 Å². The Balaban J connectivity index is 1.63. The van der Waals surface area contributed by atoms with Crippen molar-refractivity contribution in [1.82, 2.24) is 19.8 Å². The van der Waals surface area contributed by atoms with Crippen LogP contribution in [0.5, 0.6) is 5.75 Å². The molecular weight excluding hydrogens is 461 g/mol. The average Bonchev–Trinajstić information content (AvgIpc) is 3.19. The van der Waals surface area contributed by atoms with Crippen molar-refractivity contribution < 1.29 is 13.9 Å². The van der Waals surface area contributed by atoms with Crippen LogP contribution in [0.2, 0.25) is 0 Å². The van der Waals surface area contributed by atoms with Gasteiger partial charge in [-0.15, -0.1) is 0 Å². The quantitative estimate of drug-likeness (QED) is 0.569. The number of anilines is 1. The summed E-state index contributed by atoms with van der Waals surface area (Å²) in [7, 11) is 1.38. The van der Waals surface area contributed by atoms with Crippen LogP contribution < -0.4 is 20.5 Å². The van der Waals surface area contributed by atoms with Crippen molar-refractivity contribution in [3.8, 4) is 17.1 Å². The van der Waals surface area contributed by atoms with Gasteiger partial charge in [0.15, 0.2) is 11.6 Å². The first kappa shape index (κ1) is 24.2. The second kappa shape index (κ2) is 9.89. The number of aromatic nitrogens is 2. The molecule has 8 nitrogen and oxygen atoms in total. The minimum Gasteiger partial charge on any atom is -0.494 e. The molecule has 3 aromatic rings. The number of rotatable bonds is 6. The number of benzene rings is 2. The number of halogens is 1. The van der Waals surface area contributed by atoms with Gasteiger partial charge in [0, 0.05) is 49.5 Å². The fourth-order valence-corrected chi connectivity index (χ4v) is 5.29. The van der Waals surface area contributed by atoms with Crippen molar-refractivity contribution in [2.75, 3.05) is 38.2 Å². The molecule has 0 saturated carbocycles. The Hall–Kier alpha value is -3.46. The number of carbonyl (C=O) groups is 1.